The van der Waals surface area contributed by atoms with Gasteiger partial charge in [-0.05, 0) is 55.4 Å². The van der Waals surface area contributed by atoms with Crippen molar-refractivity contribution in [1.29, 1.82) is 0 Å². The van der Waals surface area contributed by atoms with E-state index in [1.165, 1.54) is 18.2 Å². The molecule has 3 aromatic rings. The number of hydroxylamine groups is 2. The fourth-order valence-electron chi connectivity index (χ4n) is 4.64. The van der Waals surface area contributed by atoms with E-state index >= 15 is 0 Å². The average molecular weight is 604 g/mol. The van der Waals surface area contributed by atoms with Gasteiger partial charge in [0.1, 0.15) is 11.4 Å². The fourth-order valence-corrected chi connectivity index (χ4v) is 4.89. The van der Waals surface area contributed by atoms with Crippen LogP contribution in [-0.2, 0) is 16.2 Å². The summed E-state index contributed by atoms with van der Waals surface area (Å²) in [6, 6.07) is 13.0. The SMILES string of the molecule is CN(C)Cc1ccc(-c2c(-c3cccc(OC(F)(F)F)c3)cc3n2C(CCCl)CN(OC(=O)C(F)(F)F)C3=O)cc1. The molecule has 2 aromatic carbocycles. The molecule has 14 heteroatoms. The second-order valence-electron chi connectivity index (χ2n) is 9.55. The highest BCUT2D eigenvalue weighted by Gasteiger charge is 2.45. The van der Waals surface area contributed by atoms with Crippen LogP contribution < -0.4 is 4.74 Å². The van der Waals surface area contributed by atoms with Crippen molar-refractivity contribution in [1.82, 2.24) is 14.5 Å². The quantitative estimate of drug-likeness (QED) is 0.219. The van der Waals surface area contributed by atoms with Crippen LogP contribution in [0.3, 0.4) is 0 Å². The summed E-state index contributed by atoms with van der Waals surface area (Å²) in [5, 5.41) is 0.333. The minimum absolute atomic E-state index is 0.0446. The Morgan fingerprint density at radius 3 is 2.29 bits per heavy atom. The summed E-state index contributed by atoms with van der Waals surface area (Å²) < 4.78 is 83.2. The van der Waals surface area contributed by atoms with Gasteiger partial charge >= 0.3 is 24.4 Å². The van der Waals surface area contributed by atoms with Crippen molar-refractivity contribution in [3.05, 3.63) is 65.9 Å². The lowest BCUT2D eigenvalue weighted by molar-refractivity contribution is -0.274. The normalized spacial score (nSPS) is 15.7. The van der Waals surface area contributed by atoms with E-state index in [0.29, 0.717) is 28.4 Å². The highest BCUT2D eigenvalue weighted by atomic mass is 35.5. The molecule has 0 aliphatic carbocycles. The van der Waals surface area contributed by atoms with Gasteiger partial charge in [0, 0.05) is 18.0 Å². The fraction of sp³-hybridized carbons (Fsp3) is 0.333. The summed E-state index contributed by atoms with van der Waals surface area (Å²) in [6.07, 6.45) is -10.1. The molecule has 1 amide bonds. The van der Waals surface area contributed by atoms with Gasteiger partial charge in [-0.25, -0.2) is 4.79 Å². The molecule has 4 rings (SSSR count). The molecule has 0 fully saturated rings. The predicted molar refractivity (Wildman–Crippen MR) is 137 cm³/mol. The number of hydrogen-bond acceptors (Lipinski definition) is 5. The van der Waals surface area contributed by atoms with Gasteiger partial charge in [0.25, 0.3) is 0 Å². The summed E-state index contributed by atoms with van der Waals surface area (Å²) in [5.41, 5.74) is 2.40. The van der Waals surface area contributed by atoms with Crippen LogP contribution in [-0.4, -0.2) is 65.5 Å². The minimum atomic E-state index is -5.34. The van der Waals surface area contributed by atoms with Gasteiger partial charge in [0.15, 0.2) is 0 Å². The molecule has 0 saturated heterocycles. The van der Waals surface area contributed by atoms with E-state index in [9.17, 15) is 35.9 Å². The Morgan fingerprint density at radius 1 is 1.02 bits per heavy atom. The molecule has 1 aliphatic heterocycles. The van der Waals surface area contributed by atoms with Crippen molar-refractivity contribution >= 4 is 23.5 Å². The standard InChI is InChI=1S/C27H24ClF6N3O4/c1-35(2)14-16-6-8-17(9-7-16)23-21(18-4-3-5-20(12-18)40-27(32,33)34)13-22-24(38)36(41-25(39)26(29,30)31)15-19(10-11-28)37(22)23/h3-9,12-13,19H,10-11,14-15H2,1-2H3. The van der Waals surface area contributed by atoms with E-state index < -0.39 is 42.8 Å². The van der Waals surface area contributed by atoms with Gasteiger partial charge in [-0.15, -0.1) is 24.8 Å². The molecule has 1 aromatic heterocycles. The summed E-state index contributed by atoms with van der Waals surface area (Å²) in [7, 11) is 3.79. The van der Waals surface area contributed by atoms with Crippen molar-refractivity contribution in [3.8, 4) is 28.1 Å². The summed E-state index contributed by atoms with van der Waals surface area (Å²) >= 11 is 6.01. The Labute approximate surface area is 235 Å². The molecule has 1 aliphatic rings. The first-order valence-corrected chi connectivity index (χ1v) is 12.7. The Bertz CT molecular complexity index is 1420. The van der Waals surface area contributed by atoms with Crippen LogP contribution in [0, 0.1) is 0 Å². The Hall–Kier alpha value is -3.71. The maximum absolute atomic E-state index is 13.3. The smallest absolute Gasteiger partial charge is 0.406 e. The van der Waals surface area contributed by atoms with Crippen molar-refractivity contribution in [2.75, 3.05) is 26.5 Å². The average Bonchev–Trinajstić information content (AvgIpc) is 3.27. The van der Waals surface area contributed by atoms with E-state index in [1.807, 2.05) is 31.1 Å². The molecule has 41 heavy (non-hydrogen) atoms. The molecule has 1 unspecified atom stereocenters. The topological polar surface area (TPSA) is 64.0 Å². The van der Waals surface area contributed by atoms with Crippen LogP contribution >= 0.6 is 11.6 Å². The summed E-state index contributed by atoms with van der Waals surface area (Å²) in [4.78, 5) is 31.2. The van der Waals surface area contributed by atoms with Crippen molar-refractivity contribution in [2.24, 2.45) is 0 Å². The van der Waals surface area contributed by atoms with E-state index in [4.69, 9.17) is 11.6 Å². The third-order valence-corrected chi connectivity index (χ3v) is 6.41. The lowest BCUT2D eigenvalue weighted by atomic mass is 9.99. The number of aromatic nitrogens is 1. The Morgan fingerprint density at radius 2 is 1.71 bits per heavy atom. The highest BCUT2D eigenvalue weighted by molar-refractivity contribution is 6.17. The zero-order chi connectivity index (χ0) is 30.1. The van der Waals surface area contributed by atoms with Gasteiger partial charge < -0.3 is 19.0 Å². The number of ether oxygens (including phenoxy) is 1. The summed E-state index contributed by atoms with van der Waals surface area (Å²) in [5.74, 6) is -4.06. The lowest BCUT2D eigenvalue weighted by Gasteiger charge is -2.34. The zero-order valence-electron chi connectivity index (χ0n) is 21.7. The Kier molecular flexibility index (Phi) is 8.59. The second-order valence-corrected chi connectivity index (χ2v) is 9.92. The van der Waals surface area contributed by atoms with Gasteiger partial charge in [-0.2, -0.15) is 18.2 Å². The lowest BCUT2D eigenvalue weighted by Crippen LogP contribution is -2.46. The minimum Gasteiger partial charge on any atom is -0.406 e. The maximum atomic E-state index is 13.3. The number of carbonyl (C=O) groups is 2. The molecule has 7 nitrogen and oxygen atoms in total. The van der Waals surface area contributed by atoms with Gasteiger partial charge in [0.05, 0.1) is 18.3 Å². The van der Waals surface area contributed by atoms with Crippen LogP contribution in [0.2, 0.25) is 0 Å². The van der Waals surface area contributed by atoms with E-state index in [-0.39, 0.29) is 23.6 Å². The monoisotopic (exact) mass is 603 g/mol. The van der Waals surface area contributed by atoms with Gasteiger partial charge in [-0.3, -0.25) is 4.79 Å². The molecular formula is C27H24ClF6N3O4. The van der Waals surface area contributed by atoms with Gasteiger partial charge in [0.2, 0.25) is 0 Å². The number of benzene rings is 2. The third-order valence-electron chi connectivity index (χ3n) is 6.20. The van der Waals surface area contributed by atoms with Crippen molar-refractivity contribution in [3.63, 3.8) is 0 Å². The van der Waals surface area contributed by atoms with Crippen LogP contribution in [0.15, 0.2) is 54.6 Å². The van der Waals surface area contributed by atoms with Gasteiger partial charge in [-0.1, -0.05) is 36.4 Å². The molecule has 0 radical (unpaired) electrons. The molecule has 0 spiro atoms. The van der Waals surface area contributed by atoms with E-state index in [1.54, 1.807) is 16.7 Å². The second kappa shape index (κ2) is 11.6. The number of amides is 1. The molecular weight excluding hydrogens is 580 g/mol. The molecule has 220 valence electrons. The highest BCUT2D eigenvalue weighted by Crippen LogP contribution is 2.42. The maximum Gasteiger partial charge on any atom is 0.573 e. The number of nitrogens with zero attached hydrogens (tertiary/aromatic N) is 3. The molecule has 0 bridgehead atoms. The molecule has 0 saturated carbocycles. The Balaban J connectivity index is 1.89. The number of rotatable bonds is 8. The van der Waals surface area contributed by atoms with Crippen LogP contribution in [0.4, 0.5) is 26.3 Å². The number of halogens is 7. The van der Waals surface area contributed by atoms with Crippen LogP contribution in [0.5, 0.6) is 5.75 Å². The molecule has 1 atom stereocenters. The van der Waals surface area contributed by atoms with E-state index in [0.717, 1.165) is 17.7 Å². The van der Waals surface area contributed by atoms with Crippen molar-refractivity contribution < 1.29 is 45.5 Å². The number of alkyl halides is 7. The van der Waals surface area contributed by atoms with Crippen LogP contribution in [0.25, 0.3) is 22.4 Å². The third kappa shape index (κ3) is 6.96. The zero-order valence-corrected chi connectivity index (χ0v) is 22.5. The van der Waals surface area contributed by atoms with Crippen LogP contribution in [0.1, 0.15) is 28.5 Å². The first-order chi connectivity index (χ1) is 19.2. The predicted octanol–water partition coefficient (Wildman–Crippen LogP) is 6.43. The van der Waals surface area contributed by atoms with Crippen molar-refractivity contribution in [2.45, 2.75) is 31.5 Å². The van der Waals surface area contributed by atoms with E-state index in [2.05, 4.69) is 9.57 Å². The first-order valence-electron chi connectivity index (χ1n) is 12.2. The number of carbonyl (C=O) groups excluding carboxylic acids is 2. The molecule has 0 N–H and O–H groups in total. The number of fused-ring (bicyclic) bond motifs is 1. The largest absolute Gasteiger partial charge is 0.573 e. The molecule has 2 heterocycles. The number of hydrogen-bond donors (Lipinski definition) is 0. The first kappa shape index (κ1) is 30.3. The summed E-state index contributed by atoms with van der Waals surface area (Å²) in [6.45, 7) is 0.195.